The van der Waals surface area contributed by atoms with E-state index in [1.165, 1.54) is 12.1 Å². The number of hydrogen-bond acceptors (Lipinski definition) is 5. The Kier molecular flexibility index (Phi) is 6.70. The quantitative estimate of drug-likeness (QED) is 0.412. The van der Waals surface area contributed by atoms with Gasteiger partial charge in [0.05, 0.1) is 4.92 Å². The van der Waals surface area contributed by atoms with Gasteiger partial charge >= 0.3 is 0 Å². The van der Waals surface area contributed by atoms with Gasteiger partial charge < -0.3 is 4.90 Å². The summed E-state index contributed by atoms with van der Waals surface area (Å²) in [5.74, 6) is 0. The van der Waals surface area contributed by atoms with Crippen LogP contribution in [0.15, 0.2) is 53.4 Å². The largest absolute Gasteiger partial charge is 0.372 e. The third kappa shape index (κ3) is 4.80. The van der Waals surface area contributed by atoms with Crippen LogP contribution in [0.25, 0.3) is 0 Å². The van der Waals surface area contributed by atoms with Gasteiger partial charge in [0.25, 0.3) is 5.69 Å². The van der Waals surface area contributed by atoms with Crippen LogP contribution >= 0.6 is 0 Å². The first-order chi connectivity index (χ1) is 12.4. The number of rotatable bonds is 9. The highest BCUT2D eigenvalue weighted by Gasteiger charge is 2.27. The molecule has 0 saturated heterocycles. The number of anilines is 1. The van der Waals surface area contributed by atoms with Crippen LogP contribution in [0, 0.1) is 17.0 Å². The molecule has 0 heterocycles. The molecule has 0 atom stereocenters. The lowest BCUT2D eigenvalue weighted by Crippen LogP contribution is -2.30. The minimum absolute atomic E-state index is 0.206. The molecule has 0 radical (unpaired) electrons. The van der Waals surface area contributed by atoms with E-state index in [0.29, 0.717) is 18.5 Å². The third-order valence-corrected chi connectivity index (χ3v) is 5.71. The topological polar surface area (TPSA) is 92.6 Å². The van der Waals surface area contributed by atoms with Crippen molar-refractivity contribution in [3.8, 4) is 0 Å². The summed E-state index contributed by atoms with van der Waals surface area (Å²) < 4.78 is 27.6. The molecule has 26 heavy (non-hydrogen) atoms. The summed E-state index contributed by atoms with van der Waals surface area (Å²) >= 11 is 0. The number of aryl methyl sites for hydroxylation is 1. The van der Waals surface area contributed by atoms with E-state index in [1.807, 2.05) is 37.3 Å². The molecule has 7 nitrogen and oxygen atoms in total. The van der Waals surface area contributed by atoms with E-state index in [2.05, 4.69) is 9.62 Å². The lowest BCUT2D eigenvalue weighted by atomic mass is 10.2. The second kappa shape index (κ2) is 8.77. The lowest BCUT2D eigenvalue weighted by Gasteiger charge is -2.23. The van der Waals surface area contributed by atoms with Gasteiger partial charge in [-0.2, -0.15) is 0 Å². The first-order valence-electron chi connectivity index (χ1n) is 8.40. The van der Waals surface area contributed by atoms with Crippen molar-refractivity contribution in [3.63, 3.8) is 0 Å². The van der Waals surface area contributed by atoms with E-state index >= 15 is 0 Å². The van der Waals surface area contributed by atoms with Crippen LogP contribution in [0.3, 0.4) is 0 Å². The number of hydrogen-bond donors (Lipinski definition) is 1. The standard InChI is InChI=1S/C18H23N3O4S/c1-3-20(16-10-5-4-6-11-16)14-8-13-19-26(24,25)18-15(2)9-7-12-17(18)21(22)23/h4-7,9-12,19H,3,8,13-14H2,1-2H3. The molecule has 2 aromatic carbocycles. The highest BCUT2D eigenvalue weighted by Crippen LogP contribution is 2.26. The van der Waals surface area contributed by atoms with E-state index in [4.69, 9.17) is 0 Å². The fraction of sp³-hybridized carbons (Fsp3) is 0.333. The smallest absolute Gasteiger partial charge is 0.289 e. The Labute approximate surface area is 153 Å². The Bertz CT molecular complexity index is 854. The van der Waals surface area contributed by atoms with E-state index in [1.54, 1.807) is 13.0 Å². The minimum atomic E-state index is -3.95. The van der Waals surface area contributed by atoms with Crippen molar-refractivity contribution in [2.75, 3.05) is 24.5 Å². The summed E-state index contributed by atoms with van der Waals surface area (Å²) in [6, 6.07) is 14.1. The highest BCUT2D eigenvalue weighted by atomic mass is 32.2. The number of para-hydroxylation sites is 1. The van der Waals surface area contributed by atoms with Gasteiger partial charge in [-0.15, -0.1) is 0 Å². The van der Waals surface area contributed by atoms with Crippen LogP contribution in [0.5, 0.6) is 0 Å². The number of sulfonamides is 1. The van der Waals surface area contributed by atoms with Crippen molar-refractivity contribution in [1.29, 1.82) is 0 Å². The van der Waals surface area contributed by atoms with Crippen LogP contribution in [-0.2, 0) is 10.0 Å². The number of nitrogens with zero attached hydrogens (tertiary/aromatic N) is 2. The molecule has 0 aliphatic carbocycles. The molecule has 0 aliphatic heterocycles. The van der Waals surface area contributed by atoms with Crippen molar-refractivity contribution >= 4 is 21.4 Å². The van der Waals surface area contributed by atoms with Crippen molar-refractivity contribution in [3.05, 3.63) is 64.2 Å². The fourth-order valence-electron chi connectivity index (χ4n) is 2.79. The van der Waals surface area contributed by atoms with E-state index < -0.39 is 20.6 Å². The lowest BCUT2D eigenvalue weighted by molar-refractivity contribution is -0.387. The van der Waals surface area contributed by atoms with Gasteiger partial charge in [0.1, 0.15) is 0 Å². The molecule has 2 aromatic rings. The first-order valence-corrected chi connectivity index (χ1v) is 9.88. The van der Waals surface area contributed by atoms with E-state index in [0.717, 1.165) is 12.2 Å². The van der Waals surface area contributed by atoms with Crippen molar-refractivity contribution in [2.24, 2.45) is 0 Å². The zero-order chi connectivity index (χ0) is 19.2. The normalized spacial score (nSPS) is 11.3. The molecule has 140 valence electrons. The molecule has 0 fully saturated rings. The van der Waals surface area contributed by atoms with Crippen LogP contribution in [0.1, 0.15) is 18.9 Å². The highest BCUT2D eigenvalue weighted by molar-refractivity contribution is 7.89. The number of nitro groups is 1. The van der Waals surface area contributed by atoms with Crippen LogP contribution in [0.2, 0.25) is 0 Å². The molecule has 0 aromatic heterocycles. The maximum absolute atomic E-state index is 12.5. The third-order valence-electron chi connectivity index (χ3n) is 4.06. The van der Waals surface area contributed by atoms with E-state index in [-0.39, 0.29) is 11.4 Å². The molecular weight excluding hydrogens is 354 g/mol. The first kappa shape index (κ1) is 19.9. The van der Waals surface area contributed by atoms with Gasteiger partial charge in [0, 0.05) is 31.4 Å². The Balaban J connectivity index is 2.02. The predicted molar refractivity (Wildman–Crippen MR) is 102 cm³/mol. The predicted octanol–water partition coefficient (Wildman–Crippen LogP) is 3.10. The molecule has 1 N–H and O–H groups in total. The fourth-order valence-corrected chi connectivity index (χ4v) is 4.25. The zero-order valence-electron chi connectivity index (χ0n) is 14.9. The van der Waals surface area contributed by atoms with Crippen molar-refractivity contribution < 1.29 is 13.3 Å². The van der Waals surface area contributed by atoms with Gasteiger partial charge in [-0.25, -0.2) is 13.1 Å². The zero-order valence-corrected chi connectivity index (χ0v) is 15.7. The maximum Gasteiger partial charge on any atom is 0.289 e. The van der Waals surface area contributed by atoms with E-state index in [9.17, 15) is 18.5 Å². The summed E-state index contributed by atoms with van der Waals surface area (Å²) in [5.41, 5.74) is 1.02. The van der Waals surface area contributed by atoms with Crippen LogP contribution < -0.4 is 9.62 Å². The Morgan fingerprint density at radius 1 is 1.12 bits per heavy atom. The molecule has 0 saturated carbocycles. The summed E-state index contributed by atoms with van der Waals surface area (Å²) in [4.78, 5) is 12.4. The number of benzene rings is 2. The Hall–Kier alpha value is -2.45. The van der Waals surface area contributed by atoms with Crippen molar-refractivity contribution in [1.82, 2.24) is 4.72 Å². The van der Waals surface area contributed by atoms with Gasteiger partial charge in [0.2, 0.25) is 10.0 Å². The second-order valence-electron chi connectivity index (χ2n) is 5.85. The maximum atomic E-state index is 12.5. The van der Waals surface area contributed by atoms with Crippen LogP contribution in [0.4, 0.5) is 11.4 Å². The molecule has 2 rings (SSSR count). The summed E-state index contributed by atoms with van der Waals surface area (Å²) in [6.07, 6.45) is 0.585. The molecule has 0 bridgehead atoms. The summed E-state index contributed by atoms with van der Waals surface area (Å²) in [7, 11) is -3.95. The van der Waals surface area contributed by atoms with Gasteiger partial charge in [-0.3, -0.25) is 10.1 Å². The monoisotopic (exact) mass is 377 g/mol. The van der Waals surface area contributed by atoms with Gasteiger partial charge in [-0.05, 0) is 38.0 Å². The minimum Gasteiger partial charge on any atom is -0.372 e. The van der Waals surface area contributed by atoms with Crippen molar-refractivity contribution in [2.45, 2.75) is 25.2 Å². The number of nitrogens with one attached hydrogen (secondary N) is 1. The second-order valence-corrected chi connectivity index (χ2v) is 7.55. The Morgan fingerprint density at radius 3 is 2.42 bits per heavy atom. The molecule has 0 unspecified atom stereocenters. The average molecular weight is 377 g/mol. The SMILES string of the molecule is CCN(CCCNS(=O)(=O)c1c(C)cccc1[N+](=O)[O-])c1ccccc1. The number of nitro benzene ring substituents is 1. The summed E-state index contributed by atoms with van der Waals surface area (Å²) in [6.45, 7) is 5.28. The molecular formula is C18H23N3O4S. The Morgan fingerprint density at radius 2 is 1.81 bits per heavy atom. The molecule has 0 aliphatic rings. The average Bonchev–Trinajstić information content (AvgIpc) is 2.62. The molecule has 0 amide bonds. The van der Waals surface area contributed by atoms with Crippen LogP contribution in [-0.4, -0.2) is 33.0 Å². The van der Waals surface area contributed by atoms with Gasteiger partial charge in [0.15, 0.2) is 4.90 Å². The molecule has 8 heteroatoms. The summed E-state index contributed by atoms with van der Waals surface area (Å²) in [5, 5.41) is 11.1. The van der Waals surface area contributed by atoms with Gasteiger partial charge in [-0.1, -0.05) is 30.3 Å². The molecule has 0 spiro atoms.